The fourth-order valence-electron chi connectivity index (χ4n) is 5.00. The second-order valence-electron chi connectivity index (χ2n) is 8.79. The smallest absolute Gasteiger partial charge is 0.407 e. The van der Waals surface area contributed by atoms with Gasteiger partial charge < -0.3 is 30.3 Å². The van der Waals surface area contributed by atoms with Gasteiger partial charge in [-0.25, -0.2) is 14.6 Å². The standard InChI is InChI=1S/C23H22N6O5/c1-2-34-18-15(4-3-7-25-18)23(16-8-14(9-24)5-6-17(16)26-19(23)30)27-20(31)28-10-22(11-28)12-29(13-22)21(32)33/h3-8H,2,10-13H2,1H3,(H,26,30)(H,27,31)(H,32,33). The Morgan fingerprint density at radius 2 is 1.97 bits per heavy atom. The van der Waals surface area contributed by atoms with E-state index in [0.29, 0.717) is 55.2 Å². The minimum Gasteiger partial charge on any atom is -0.478 e. The van der Waals surface area contributed by atoms with Gasteiger partial charge in [0.1, 0.15) is 0 Å². The van der Waals surface area contributed by atoms with Gasteiger partial charge in [0.15, 0.2) is 5.54 Å². The number of hydrogen-bond donors (Lipinski definition) is 3. The molecule has 1 aromatic heterocycles. The highest BCUT2D eigenvalue weighted by molar-refractivity contribution is 6.10. The van der Waals surface area contributed by atoms with Crippen LogP contribution in [0.3, 0.4) is 0 Å². The Balaban J connectivity index is 1.51. The normalized spacial score (nSPS) is 21.6. The van der Waals surface area contributed by atoms with E-state index in [1.54, 1.807) is 42.2 Å². The lowest BCUT2D eigenvalue weighted by Gasteiger charge is -2.59. The van der Waals surface area contributed by atoms with Crippen LogP contribution in [0, 0.1) is 16.7 Å². The highest BCUT2D eigenvalue weighted by atomic mass is 16.5. The maximum Gasteiger partial charge on any atom is 0.407 e. The molecule has 1 atom stereocenters. The summed E-state index contributed by atoms with van der Waals surface area (Å²) in [7, 11) is 0. The molecule has 3 N–H and O–H groups in total. The molecule has 4 heterocycles. The first-order chi connectivity index (χ1) is 16.3. The number of amides is 4. The Morgan fingerprint density at radius 3 is 2.65 bits per heavy atom. The van der Waals surface area contributed by atoms with Crippen LogP contribution in [-0.4, -0.2) is 70.7 Å². The van der Waals surface area contributed by atoms with Crippen molar-refractivity contribution in [1.82, 2.24) is 20.1 Å². The molecule has 0 bridgehead atoms. The molecule has 11 nitrogen and oxygen atoms in total. The SMILES string of the molecule is CCOc1ncccc1C1(NC(=O)N2CC3(CN(C(=O)O)C3)C2)C(=O)Nc2ccc(C#N)cc21. The summed E-state index contributed by atoms with van der Waals surface area (Å²) in [6.45, 7) is 3.62. The third-order valence-electron chi connectivity index (χ3n) is 6.55. The number of anilines is 1. The van der Waals surface area contributed by atoms with E-state index in [9.17, 15) is 19.6 Å². The molecule has 1 aromatic carbocycles. The van der Waals surface area contributed by atoms with Gasteiger partial charge in [0, 0.05) is 49.0 Å². The summed E-state index contributed by atoms with van der Waals surface area (Å²) < 4.78 is 5.69. The van der Waals surface area contributed by atoms with Crippen LogP contribution in [0.1, 0.15) is 23.6 Å². The van der Waals surface area contributed by atoms with E-state index in [-0.39, 0.29) is 11.3 Å². The fourth-order valence-corrected chi connectivity index (χ4v) is 5.00. The molecule has 0 aliphatic carbocycles. The summed E-state index contributed by atoms with van der Waals surface area (Å²) in [5.41, 5.74) is -0.304. The summed E-state index contributed by atoms with van der Waals surface area (Å²) >= 11 is 0. The molecule has 0 saturated carbocycles. The third kappa shape index (κ3) is 3.10. The number of nitriles is 1. The molecule has 2 saturated heterocycles. The largest absolute Gasteiger partial charge is 0.478 e. The number of carboxylic acid groups (broad SMARTS) is 1. The molecule has 1 spiro atoms. The Labute approximate surface area is 194 Å². The lowest BCUT2D eigenvalue weighted by molar-refractivity contribution is -0.120. The lowest BCUT2D eigenvalue weighted by atomic mass is 9.73. The van der Waals surface area contributed by atoms with E-state index < -0.39 is 23.6 Å². The number of benzene rings is 1. The van der Waals surface area contributed by atoms with Gasteiger partial charge in [0.05, 0.1) is 23.8 Å². The molecular formula is C23H22N6O5. The van der Waals surface area contributed by atoms with Crippen molar-refractivity contribution in [2.24, 2.45) is 5.41 Å². The Kier molecular flexibility index (Phi) is 4.82. The zero-order valence-corrected chi connectivity index (χ0v) is 18.4. The first-order valence-corrected chi connectivity index (χ1v) is 10.8. The number of rotatable bonds is 4. The molecule has 2 aromatic rings. The number of carbonyl (C=O) groups excluding carboxylic acids is 2. The van der Waals surface area contributed by atoms with Crippen LogP contribution in [0.15, 0.2) is 36.5 Å². The van der Waals surface area contributed by atoms with E-state index >= 15 is 0 Å². The fraction of sp³-hybridized carbons (Fsp3) is 0.348. The molecular weight excluding hydrogens is 440 g/mol. The predicted octanol–water partition coefficient (Wildman–Crippen LogP) is 1.55. The molecule has 4 amide bonds. The number of carbonyl (C=O) groups is 3. The van der Waals surface area contributed by atoms with Crippen LogP contribution in [0.25, 0.3) is 0 Å². The molecule has 11 heteroatoms. The predicted molar refractivity (Wildman–Crippen MR) is 118 cm³/mol. The van der Waals surface area contributed by atoms with Gasteiger partial charge in [-0.15, -0.1) is 0 Å². The molecule has 0 radical (unpaired) electrons. The monoisotopic (exact) mass is 462 g/mol. The Bertz CT molecular complexity index is 1240. The van der Waals surface area contributed by atoms with E-state index in [4.69, 9.17) is 9.84 Å². The van der Waals surface area contributed by atoms with Gasteiger partial charge in [-0.1, -0.05) is 0 Å². The van der Waals surface area contributed by atoms with Crippen LogP contribution in [0.4, 0.5) is 15.3 Å². The van der Waals surface area contributed by atoms with Gasteiger partial charge in [0.25, 0.3) is 5.91 Å². The minimum absolute atomic E-state index is 0.201. The van der Waals surface area contributed by atoms with Crippen molar-refractivity contribution in [3.63, 3.8) is 0 Å². The number of nitrogens with one attached hydrogen (secondary N) is 2. The molecule has 34 heavy (non-hydrogen) atoms. The van der Waals surface area contributed by atoms with Crippen molar-refractivity contribution in [2.45, 2.75) is 12.5 Å². The average molecular weight is 462 g/mol. The van der Waals surface area contributed by atoms with Crippen molar-refractivity contribution in [1.29, 1.82) is 5.26 Å². The first kappa shape index (κ1) is 21.5. The van der Waals surface area contributed by atoms with Crippen molar-refractivity contribution >= 4 is 23.7 Å². The lowest BCUT2D eigenvalue weighted by Crippen LogP contribution is -2.75. The van der Waals surface area contributed by atoms with E-state index in [1.807, 2.05) is 0 Å². The first-order valence-electron chi connectivity index (χ1n) is 10.8. The number of aromatic nitrogens is 1. The highest BCUT2D eigenvalue weighted by Crippen LogP contribution is 2.45. The van der Waals surface area contributed by atoms with E-state index in [1.165, 1.54) is 11.1 Å². The topological polar surface area (TPSA) is 148 Å². The van der Waals surface area contributed by atoms with Crippen LogP contribution < -0.4 is 15.4 Å². The number of ether oxygens (including phenoxy) is 1. The second-order valence-corrected chi connectivity index (χ2v) is 8.79. The van der Waals surface area contributed by atoms with Crippen LogP contribution in [-0.2, 0) is 10.3 Å². The highest BCUT2D eigenvalue weighted by Gasteiger charge is 2.57. The number of pyridine rings is 1. The molecule has 1 unspecified atom stereocenters. The van der Waals surface area contributed by atoms with Gasteiger partial charge in [-0.3, -0.25) is 4.79 Å². The maximum absolute atomic E-state index is 13.5. The molecule has 2 fully saturated rings. The summed E-state index contributed by atoms with van der Waals surface area (Å²) in [5.74, 6) is -0.289. The van der Waals surface area contributed by atoms with Gasteiger partial charge >= 0.3 is 12.1 Å². The number of fused-ring (bicyclic) bond motifs is 1. The number of likely N-dealkylation sites (tertiary alicyclic amines) is 2. The summed E-state index contributed by atoms with van der Waals surface area (Å²) in [4.78, 5) is 45.1. The van der Waals surface area contributed by atoms with Gasteiger partial charge in [0.2, 0.25) is 5.88 Å². The molecule has 5 rings (SSSR count). The number of hydrogen-bond acceptors (Lipinski definition) is 6. The maximum atomic E-state index is 13.5. The van der Waals surface area contributed by atoms with Gasteiger partial charge in [-0.05, 0) is 37.3 Å². The number of urea groups is 1. The second kappa shape index (κ2) is 7.62. The number of nitrogens with zero attached hydrogens (tertiary/aromatic N) is 4. The third-order valence-corrected chi connectivity index (χ3v) is 6.55. The van der Waals surface area contributed by atoms with Crippen LogP contribution >= 0.6 is 0 Å². The Hall–Kier alpha value is -4.33. The van der Waals surface area contributed by atoms with E-state index in [0.717, 1.165) is 0 Å². The van der Waals surface area contributed by atoms with Crippen molar-refractivity contribution in [3.8, 4) is 11.9 Å². The quantitative estimate of drug-likeness (QED) is 0.624. The zero-order chi connectivity index (χ0) is 24.1. The summed E-state index contributed by atoms with van der Waals surface area (Å²) in [6.07, 6.45) is 0.563. The summed E-state index contributed by atoms with van der Waals surface area (Å²) in [6, 6.07) is 9.71. The van der Waals surface area contributed by atoms with Crippen molar-refractivity contribution in [2.75, 3.05) is 38.1 Å². The molecule has 3 aliphatic heterocycles. The van der Waals surface area contributed by atoms with Crippen LogP contribution in [0.5, 0.6) is 5.88 Å². The van der Waals surface area contributed by atoms with E-state index in [2.05, 4.69) is 21.7 Å². The average Bonchev–Trinajstić information content (AvgIpc) is 3.03. The minimum atomic E-state index is -1.66. The Morgan fingerprint density at radius 1 is 1.24 bits per heavy atom. The van der Waals surface area contributed by atoms with Gasteiger partial charge in [-0.2, -0.15) is 5.26 Å². The summed E-state index contributed by atoms with van der Waals surface area (Å²) in [5, 5.41) is 24.3. The van der Waals surface area contributed by atoms with Crippen LogP contribution in [0.2, 0.25) is 0 Å². The molecule has 174 valence electrons. The zero-order valence-electron chi connectivity index (χ0n) is 18.4. The molecule has 3 aliphatic rings. The van der Waals surface area contributed by atoms with Crippen molar-refractivity contribution < 1.29 is 24.2 Å². The van der Waals surface area contributed by atoms with Crippen molar-refractivity contribution in [3.05, 3.63) is 53.2 Å².